The van der Waals surface area contributed by atoms with Gasteiger partial charge in [-0.25, -0.2) is 9.78 Å². The van der Waals surface area contributed by atoms with Gasteiger partial charge in [0.1, 0.15) is 0 Å². The van der Waals surface area contributed by atoms with Crippen molar-refractivity contribution < 1.29 is 4.52 Å². The highest BCUT2D eigenvalue weighted by Gasteiger charge is 2.12. The largest absolute Gasteiger partial charge is 0.438 e. The number of nitrogens with zero attached hydrogens (tertiary/aromatic N) is 2. The third kappa shape index (κ3) is 3.14. The van der Waals surface area contributed by atoms with Crippen molar-refractivity contribution in [3.05, 3.63) is 94.0 Å². The van der Waals surface area contributed by atoms with Crippen LogP contribution in [0.5, 0.6) is 0 Å². The van der Waals surface area contributed by atoms with Crippen LogP contribution >= 0.6 is 11.3 Å². The Morgan fingerprint density at radius 1 is 0.964 bits per heavy atom. The number of nitrogens with one attached hydrogen (secondary N) is 1. The molecular formula is C22H15N3O2S. The van der Waals surface area contributed by atoms with Gasteiger partial charge in [0.05, 0.1) is 16.1 Å². The molecule has 0 aliphatic rings. The van der Waals surface area contributed by atoms with Crippen LogP contribution in [0.1, 0.15) is 10.7 Å². The Balaban J connectivity index is 1.59. The van der Waals surface area contributed by atoms with Crippen LogP contribution < -0.4 is 5.76 Å². The third-order valence-electron chi connectivity index (χ3n) is 4.54. The van der Waals surface area contributed by atoms with Gasteiger partial charge in [-0.1, -0.05) is 53.7 Å². The highest BCUT2D eigenvalue weighted by atomic mass is 32.1. The van der Waals surface area contributed by atoms with Crippen LogP contribution in [0.2, 0.25) is 0 Å². The molecule has 0 unspecified atom stereocenters. The van der Waals surface area contributed by atoms with Gasteiger partial charge < -0.3 is 0 Å². The van der Waals surface area contributed by atoms with Crippen LogP contribution in [0.25, 0.3) is 32.6 Å². The number of thiophene rings is 1. The minimum Gasteiger partial charge on any atom is -0.296 e. The summed E-state index contributed by atoms with van der Waals surface area (Å²) in [4.78, 5) is 20.7. The summed E-state index contributed by atoms with van der Waals surface area (Å²) >= 11 is 1.64. The smallest absolute Gasteiger partial charge is 0.296 e. The van der Waals surface area contributed by atoms with Gasteiger partial charge in [0.2, 0.25) is 0 Å². The molecule has 0 amide bonds. The molecule has 0 radical (unpaired) electrons. The Morgan fingerprint density at radius 3 is 2.61 bits per heavy atom. The van der Waals surface area contributed by atoms with Crippen LogP contribution in [0.3, 0.4) is 0 Å². The molecule has 0 fully saturated rings. The van der Waals surface area contributed by atoms with Gasteiger partial charge in [-0.05, 0) is 35.4 Å². The predicted octanol–water partition coefficient (Wildman–Crippen LogP) is 4.90. The number of pyridine rings is 1. The lowest BCUT2D eigenvalue weighted by molar-refractivity contribution is 0.382. The Morgan fingerprint density at radius 2 is 1.79 bits per heavy atom. The van der Waals surface area contributed by atoms with Gasteiger partial charge in [0.15, 0.2) is 5.82 Å². The molecule has 0 aliphatic carbocycles. The van der Waals surface area contributed by atoms with Crippen molar-refractivity contribution in [2.24, 2.45) is 0 Å². The first-order chi connectivity index (χ1) is 13.8. The molecule has 5 nitrogen and oxygen atoms in total. The number of para-hydroxylation sites is 1. The van der Waals surface area contributed by atoms with E-state index in [0.717, 1.165) is 31.9 Å². The van der Waals surface area contributed by atoms with Crippen molar-refractivity contribution >= 4 is 22.2 Å². The van der Waals surface area contributed by atoms with E-state index < -0.39 is 5.76 Å². The quantitative estimate of drug-likeness (QED) is 0.478. The second-order valence-electron chi connectivity index (χ2n) is 6.42. The SMILES string of the molecule is O=c1[nH]c(Cc2ccc(-c3cc(-c4ccccc4)c4ccccc4n3)s2)no1. The summed E-state index contributed by atoms with van der Waals surface area (Å²) in [7, 11) is 0. The van der Waals surface area contributed by atoms with Gasteiger partial charge in [-0.2, -0.15) is 0 Å². The minimum absolute atomic E-state index is 0.523. The molecule has 3 aromatic heterocycles. The summed E-state index contributed by atoms with van der Waals surface area (Å²) in [5, 5.41) is 4.87. The van der Waals surface area contributed by atoms with E-state index >= 15 is 0 Å². The molecule has 5 rings (SSSR count). The molecule has 0 spiro atoms. The van der Waals surface area contributed by atoms with E-state index in [1.54, 1.807) is 11.3 Å². The Hall–Kier alpha value is -3.51. The summed E-state index contributed by atoms with van der Waals surface area (Å²) in [5.41, 5.74) is 4.23. The monoisotopic (exact) mass is 385 g/mol. The number of benzene rings is 2. The molecule has 5 aromatic rings. The topological polar surface area (TPSA) is 71.8 Å². The molecule has 28 heavy (non-hydrogen) atoms. The highest BCUT2D eigenvalue weighted by Crippen LogP contribution is 2.34. The van der Waals surface area contributed by atoms with Crippen molar-refractivity contribution in [1.29, 1.82) is 0 Å². The van der Waals surface area contributed by atoms with Crippen LogP contribution in [0.4, 0.5) is 0 Å². The second-order valence-corrected chi connectivity index (χ2v) is 7.59. The van der Waals surface area contributed by atoms with Crippen molar-refractivity contribution in [3.63, 3.8) is 0 Å². The standard InChI is InChI=1S/C22H15N3O2S/c26-22-24-21(25-27-22)12-15-10-11-20(28-15)19-13-17(14-6-2-1-3-7-14)16-8-4-5-9-18(16)23-19/h1-11,13H,12H2,(H,24,25,26). The maximum absolute atomic E-state index is 11.1. The number of aromatic nitrogens is 3. The lowest BCUT2D eigenvalue weighted by atomic mass is 10.00. The number of rotatable bonds is 4. The van der Waals surface area contributed by atoms with Crippen LogP contribution in [0, 0.1) is 0 Å². The second kappa shape index (κ2) is 6.90. The van der Waals surface area contributed by atoms with Crippen molar-refractivity contribution in [2.75, 3.05) is 0 Å². The van der Waals surface area contributed by atoms with E-state index in [1.807, 2.05) is 42.5 Å². The van der Waals surface area contributed by atoms with Gasteiger partial charge in [-0.15, -0.1) is 11.3 Å². The van der Waals surface area contributed by atoms with E-state index in [9.17, 15) is 4.79 Å². The van der Waals surface area contributed by atoms with Crippen molar-refractivity contribution in [1.82, 2.24) is 15.1 Å². The van der Waals surface area contributed by atoms with Gasteiger partial charge >= 0.3 is 5.76 Å². The number of hydrogen-bond acceptors (Lipinski definition) is 5. The van der Waals surface area contributed by atoms with Gasteiger partial charge in [0.25, 0.3) is 0 Å². The van der Waals surface area contributed by atoms with Crippen LogP contribution in [-0.4, -0.2) is 15.1 Å². The number of hydrogen-bond donors (Lipinski definition) is 1. The molecule has 0 bridgehead atoms. The zero-order chi connectivity index (χ0) is 18.9. The fourth-order valence-electron chi connectivity index (χ4n) is 3.27. The molecular weight excluding hydrogens is 370 g/mol. The van der Waals surface area contributed by atoms with Crippen molar-refractivity contribution in [2.45, 2.75) is 6.42 Å². The van der Waals surface area contributed by atoms with E-state index in [2.05, 4.69) is 45.0 Å². The molecule has 0 atom stereocenters. The highest BCUT2D eigenvalue weighted by molar-refractivity contribution is 7.15. The molecule has 0 saturated heterocycles. The third-order valence-corrected chi connectivity index (χ3v) is 5.65. The lowest BCUT2D eigenvalue weighted by Gasteiger charge is -2.09. The van der Waals surface area contributed by atoms with E-state index in [-0.39, 0.29) is 0 Å². The molecule has 2 aromatic carbocycles. The zero-order valence-corrected chi connectivity index (χ0v) is 15.6. The summed E-state index contributed by atoms with van der Waals surface area (Å²) in [5.74, 6) is -0.00896. The zero-order valence-electron chi connectivity index (χ0n) is 14.8. The molecule has 3 heterocycles. The molecule has 0 aliphatic heterocycles. The summed E-state index contributed by atoms with van der Waals surface area (Å²) in [6.07, 6.45) is 0.523. The Labute approximate surface area is 164 Å². The maximum Gasteiger partial charge on any atom is 0.438 e. The summed E-state index contributed by atoms with van der Waals surface area (Å²) in [6, 6.07) is 24.8. The predicted molar refractivity (Wildman–Crippen MR) is 110 cm³/mol. The number of aromatic amines is 1. The fraction of sp³-hybridized carbons (Fsp3) is 0.0455. The average molecular weight is 385 g/mol. The van der Waals surface area contributed by atoms with Crippen molar-refractivity contribution in [3.8, 4) is 21.7 Å². The first-order valence-corrected chi connectivity index (χ1v) is 9.67. The Kier molecular flexibility index (Phi) is 4.10. The molecule has 136 valence electrons. The first kappa shape index (κ1) is 16.6. The van der Waals surface area contributed by atoms with E-state index in [4.69, 9.17) is 4.98 Å². The fourth-order valence-corrected chi connectivity index (χ4v) is 4.24. The van der Waals surface area contributed by atoms with Crippen LogP contribution in [-0.2, 0) is 6.42 Å². The van der Waals surface area contributed by atoms with Crippen LogP contribution in [0.15, 0.2) is 82.1 Å². The average Bonchev–Trinajstić information content (AvgIpc) is 3.37. The Bertz CT molecular complexity index is 1320. The van der Waals surface area contributed by atoms with Gasteiger partial charge in [0, 0.05) is 16.7 Å². The minimum atomic E-state index is -0.532. The van der Waals surface area contributed by atoms with E-state index in [1.165, 1.54) is 5.56 Å². The number of H-pyrrole nitrogens is 1. The summed E-state index contributed by atoms with van der Waals surface area (Å²) < 4.78 is 4.57. The molecule has 6 heteroatoms. The molecule has 0 saturated carbocycles. The van der Waals surface area contributed by atoms with Gasteiger partial charge in [-0.3, -0.25) is 9.51 Å². The lowest BCUT2D eigenvalue weighted by Crippen LogP contribution is -1.96. The normalized spacial score (nSPS) is 11.1. The summed E-state index contributed by atoms with van der Waals surface area (Å²) in [6.45, 7) is 0. The maximum atomic E-state index is 11.1. The molecule has 1 N–H and O–H groups in total. The van der Waals surface area contributed by atoms with E-state index in [0.29, 0.717) is 12.2 Å². The number of fused-ring (bicyclic) bond motifs is 1. The first-order valence-electron chi connectivity index (χ1n) is 8.85.